The van der Waals surface area contributed by atoms with Gasteiger partial charge in [0.1, 0.15) is 11.2 Å². The first kappa shape index (κ1) is 38.1. The van der Waals surface area contributed by atoms with E-state index in [-0.39, 0.29) is 5.41 Å². The van der Waals surface area contributed by atoms with E-state index in [2.05, 4.69) is 242 Å². The Balaban J connectivity index is 0.910. The molecule has 0 saturated carbocycles. The molecule has 0 amide bonds. The molecule has 1 aliphatic carbocycles. The predicted molar refractivity (Wildman–Crippen MR) is 277 cm³/mol. The largest absolute Gasteiger partial charge is 0.455 e. The molecule has 3 nitrogen and oxygen atoms in total. The van der Waals surface area contributed by atoms with Gasteiger partial charge in [0.25, 0.3) is 0 Å². The SMILES string of the molecule is CC1(C)c2ccccc2-c2c(N(c3ccc(-c4ccc(-c5cccc6c5oc5ccccc56)cc4)cc3)c3ccc(-c4cccc5c4c4ccccc4n5-c4ccccc4)cc3)cccc21. The minimum absolute atomic E-state index is 0.124. The molecule has 312 valence electrons. The van der Waals surface area contributed by atoms with E-state index in [1.807, 2.05) is 12.1 Å². The van der Waals surface area contributed by atoms with Crippen molar-refractivity contribution in [2.45, 2.75) is 19.3 Å². The summed E-state index contributed by atoms with van der Waals surface area (Å²) in [5.74, 6) is 0. The zero-order chi connectivity index (χ0) is 43.9. The summed E-state index contributed by atoms with van der Waals surface area (Å²) in [5, 5.41) is 4.79. The molecule has 0 fully saturated rings. The van der Waals surface area contributed by atoms with Gasteiger partial charge in [0.05, 0.1) is 16.7 Å². The maximum Gasteiger partial charge on any atom is 0.143 e. The summed E-state index contributed by atoms with van der Waals surface area (Å²) in [6, 6.07) is 83.8. The lowest BCUT2D eigenvalue weighted by Crippen LogP contribution is -2.16. The molecule has 0 N–H and O–H groups in total. The van der Waals surface area contributed by atoms with Crippen LogP contribution in [0.15, 0.2) is 235 Å². The second-order valence-electron chi connectivity index (χ2n) is 18.0. The van der Waals surface area contributed by atoms with Crippen molar-refractivity contribution in [2.24, 2.45) is 0 Å². The average Bonchev–Trinajstić information content (AvgIpc) is 4.01. The van der Waals surface area contributed by atoms with Crippen LogP contribution in [-0.2, 0) is 5.41 Å². The first-order chi connectivity index (χ1) is 32.5. The van der Waals surface area contributed by atoms with Crippen LogP contribution in [0.1, 0.15) is 25.0 Å². The summed E-state index contributed by atoms with van der Waals surface area (Å²) in [4.78, 5) is 2.45. The Hall–Kier alpha value is -8.40. The number of fused-ring (bicyclic) bond motifs is 9. The van der Waals surface area contributed by atoms with Crippen LogP contribution in [0, 0.1) is 0 Å². The summed E-state index contributed by atoms with van der Waals surface area (Å²) < 4.78 is 8.78. The Labute approximate surface area is 384 Å². The van der Waals surface area contributed by atoms with Crippen LogP contribution < -0.4 is 4.90 Å². The zero-order valence-corrected chi connectivity index (χ0v) is 36.7. The molecule has 2 heterocycles. The van der Waals surface area contributed by atoms with Crippen LogP contribution >= 0.6 is 0 Å². The van der Waals surface area contributed by atoms with Crippen molar-refractivity contribution in [3.05, 3.63) is 242 Å². The number of anilines is 3. The zero-order valence-electron chi connectivity index (χ0n) is 36.7. The normalized spacial score (nSPS) is 12.8. The van der Waals surface area contributed by atoms with Crippen molar-refractivity contribution >= 4 is 60.8 Å². The van der Waals surface area contributed by atoms with Crippen molar-refractivity contribution in [1.29, 1.82) is 0 Å². The lowest BCUT2D eigenvalue weighted by atomic mass is 9.82. The van der Waals surface area contributed by atoms with Gasteiger partial charge >= 0.3 is 0 Å². The maximum absolute atomic E-state index is 6.39. The molecule has 0 spiro atoms. The lowest BCUT2D eigenvalue weighted by molar-refractivity contribution is 0.660. The van der Waals surface area contributed by atoms with Gasteiger partial charge in [0.15, 0.2) is 0 Å². The Morgan fingerprint density at radius 3 is 1.71 bits per heavy atom. The number of hydrogen-bond acceptors (Lipinski definition) is 2. The molecule has 0 atom stereocenters. The van der Waals surface area contributed by atoms with Gasteiger partial charge in [0, 0.05) is 55.1 Å². The molecule has 13 rings (SSSR count). The average molecular weight is 845 g/mol. The Morgan fingerprint density at radius 1 is 0.394 bits per heavy atom. The van der Waals surface area contributed by atoms with Gasteiger partial charge in [-0.05, 0) is 105 Å². The van der Waals surface area contributed by atoms with Gasteiger partial charge in [-0.15, -0.1) is 0 Å². The van der Waals surface area contributed by atoms with Crippen molar-refractivity contribution in [1.82, 2.24) is 4.57 Å². The van der Waals surface area contributed by atoms with Gasteiger partial charge in [-0.25, -0.2) is 0 Å². The monoisotopic (exact) mass is 844 g/mol. The quantitative estimate of drug-likeness (QED) is 0.159. The summed E-state index contributed by atoms with van der Waals surface area (Å²) in [5.41, 5.74) is 20.9. The van der Waals surface area contributed by atoms with Crippen molar-refractivity contribution in [2.75, 3.05) is 4.90 Å². The Morgan fingerprint density at radius 2 is 0.924 bits per heavy atom. The predicted octanol–water partition coefficient (Wildman–Crippen LogP) is 17.5. The highest BCUT2D eigenvalue weighted by Crippen LogP contribution is 2.54. The number of rotatable bonds is 7. The molecule has 0 bridgehead atoms. The van der Waals surface area contributed by atoms with Gasteiger partial charge < -0.3 is 13.9 Å². The van der Waals surface area contributed by atoms with Gasteiger partial charge in [-0.1, -0.05) is 184 Å². The van der Waals surface area contributed by atoms with Gasteiger partial charge in [0.2, 0.25) is 0 Å². The number of hydrogen-bond donors (Lipinski definition) is 0. The molecule has 12 aromatic rings. The van der Waals surface area contributed by atoms with E-state index in [1.54, 1.807) is 0 Å². The second kappa shape index (κ2) is 14.8. The van der Waals surface area contributed by atoms with E-state index in [0.29, 0.717) is 0 Å². The molecule has 0 unspecified atom stereocenters. The fraction of sp³-hybridized carbons (Fsp3) is 0.0476. The topological polar surface area (TPSA) is 21.3 Å². The van der Waals surface area contributed by atoms with Gasteiger partial charge in [-0.2, -0.15) is 0 Å². The maximum atomic E-state index is 6.39. The van der Waals surface area contributed by atoms with Crippen LogP contribution in [0.3, 0.4) is 0 Å². The Kier molecular flexibility index (Phi) is 8.56. The van der Waals surface area contributed by atoms with Crippen LogP contribution in [0.4, 0.5) is 17.1 Å². The summed E-state index contributed by atoms with van der Waals surface area (Å²) in [6.45, 7) is 4.71. The molecule has 66 heavy (non-hydrogen) atoms. The molecular weight excluding hydrogens is 801 g/mol. The number of nitrogens with zero attached hydrogens (tertiary/aromatic N) is 2. The minimum atomic E-state index is -0.124. The fourth-order valence-electron chi connectivity index (χ4n) is 10.9. The first-order valence-electron chi connectivity index (χ1n) is 22.8. The molecular formula is C63H44N2O. The van der Waals surface area contributed by atoms with E-state index in [4.69, 9.17) is 4.42 Å². The summed E-state index contributed by atoms with van der Waals surface area (Å²) in [6.07, 6.45) is 0. The minimum Gasteiger partial charge on any atom is -0.455 e. The third-order valence-corrected chi connectivity index (χ3v) is 14.0. The number of para-hydroxylation sites is 4. The fourth-order valence-corrected chi connectivity index (χ4v) is 10.9. The molecule has 3 heteroatoms. The molecule has 2 aromatic heterocycles. The van der Waals surface area contributed by atoms with E-state index in [0.717, 1.165) is 61.3 Å². The van der Waals surface area contributed by atoms with Crippen molar-refractivity contribution < 1.29 is 4.42 Å². The van der Waals surface area contributed by atoms with Gasteiger partial charge in [-0.3, -0.25) is 0 Å². The van der Waals surface area contributed by atoms with Crippen molar-refractivity contribution in [3.63, 3.8) is 0 Å². The first-order valence-corrected chi connectivity index (χ1v) is 22.8. The molecule has 0 aliphatic heterocycles. The van der Waals surface area contributed by atoms with E-state index in [1.165, 1.54) is 60.9 Å². The number of benzene rings is 10. The van der Waals surface area contributed by atoms with Crippen LogP contribution in [0.5, 0.6) is 0 Å². The van der Waals surface area contributed by atoms with E-state index >= 15 is 0 Å². The third-order valence-electron chi connectivity index (χ3n) is 14.0. The van der Waals surface area contributed by atoms with Crippen LogP contribution in [0.2, 0.25) is 0 Å². The van der Waals surface area contributed by atoms with Crippen LogP contribution in [0.25, 0.3) is 93.9 Å². The highest BCUT2D eigenvalue weighted by atomic mass is 16.3. The standard InChI is InChI=1S/C63H44N2O/c1-63(2)54-23-9-6-18-52(54)61-55(63)24-14-27-58(61)64(46-37-33-42(34-38-46)41-29-31-44(32-30-41)49-21-12-22-51-50-17-8-11-28-59(50)66-62(49)51)47-39-35-43(36-40-47)48-20-13-26-57-60(48)53-19-7-10-25-56(53)65(57)45-15-4-3-5-16-45/h3-40H,1-2H3. The van der Waals surface area contributed by atoms with E-state index < -0.39 is 0 Å². The van der Waals surface area contributed by atoms with Crippen molar-refractivity contribution in [3.8, 4) is 50.2 Å². The molecule has 0 radical (unpaired) electrons. The summed E-state index contributed by atoms with van der Waals surface area (Å²) >= 11 is 0. The van der Waals surface area contributed by atoms with E-state index in [9.17, 15) is 0 Å². The third kappa shape index (κ3) is 5.83. The number of aromatic nitrogens is 1. The smallest absolute Gasteiger partial charge is 0.143 e. The Bertz CT molecular complexity index is 3820. The van der Waals surface area contributed by atoms with Crippen LogP contribution in [-0.4, -0.2) is 4.57 Å². The highest BCUT2D eigenvalue weighted by molar-refractivity contribution is 6.16. The number of furan rings is 1. The summed E-state index contributed by atoms with van der Waals surface area (Å²) in [7, 11) is 0. The highest BCUT2D eigenvalue weighted by Gasteiger charge is 2.37. The molecule has 1 aliphatic rings. The molecule has 10 aromatic carbocycles. The molecule has 0 saturated heterocycles. The lowest BCUT2D eigenvalue weighted by Gasteiger charge is -2.29. The second-order valence-corrected chi connectivity index (χ2v) is 18.0.